The van der Waals surface area contributed by atoms with E-state index in [-0.39, 0.29) is 17.2 Å². The average Bonchev–Trinajstić information content (AvgIpc) is 3.44. The number of aromatic nitrogens is 2. The highest BCUT2D eigenvalue weighted by Gasteiger charge is 2.50. The summed E-state index contributed by atoms with van der Waals surface area (Å²) < 4.78 is 7.56. The lowest BCUT2D eigenvalue weighted by atomic mass is 9.89. The molecule has 0 saturated carbocycles. The summed E-state index contributed by atoms with van der Waals surface area (Å²) in [6.07, 6.45) is 4.63. The third-order valence-corrected chi connectivity index (χ3v) is 6.55. The first-order valence-electron chi connectivity index (χ1n) is 10.5. The molecule has 1 fully saturated rings. The molecule has 1 saturated heterocycles. The number of hydrogen-bond donors (Lipinski definition) is 1. The lowest BCUT2D eigenvalue weighted by molar-refractivity contribution is 0.0778. The van der Waals surface area contributed by atoms with Gasteiger partial charge in [-0.25, -0.2) is 4.98 Å². The maximum Gasteiger partial charge on any atom is 0.257 e. The molecule has 0 unspecified atom stereocenters. The van der Waals surface area contributed by atoms with Crippen molar-refractivity contribution in [3.63, 3.8) is 0 Å². The van der Waals surface area contributed by atoms with Gasteiger partial charge in [0.2, 0.25) is 0 Å². The maximum atomic E-state index is 13.4. The minimum atomic E-state index is -0.382. The molecule has 0 bridgehead atoms. The summed E-state index contributed by atoms with van der Waals surface area (Å²) in [6, 6.07) is 13.5. The van der Waals surface area contributed by atoms with Gasteiger partial charge in [0.25, 0.3) is 5.91 Å². The minimum Gasteiger partial charge on any atom is -0.507 e. The summed E-state index contributed by atoms with van der Waals surface area (Å²) in [5.74, 6) is 0.816. The van der Waals surface area contributed by atoms with E-state index in [0.29, 0.717) is 37.4 Å². The SMILES string of the molecule is COCCN1c2cccnc2-n2cccc2[C@]12CCN(C(=O)c1cccc(C)c1O)C2. The molecule has 1 spiro atoms. The minimum absolute atomic E-state index is 0.0613. The van der Waals surface area contributed by atoms with Gasteiger partial charge in [-0.05, 0) is 49.2 Å². The van der Waals surface area contributed by atoms with Crippen molar-refractivity contribution in [2.24, 2.45) is 0 Å². The number of phenols is 1. The van der Waals surface area contributed by atoms with Crippen molar-refractivity contribution in [2.75, 3.05) is 38.3 Å². The maximum absolute atomic E-state index is 13.4. The molecule has 1 atom stereocenters. The Kier molecular flexibility index (Phi) is 4.70. The van der Waals surface area contributed by atoms with Crippen LogP contribution in [0.4, 0.5) is 5.69 Å². The van der Waals surface area contributed by atoms with Crippen LogP contribution in [0.2, 0.25) is 0 Å². The molecule has 4 heterocycles. The van der Waals surface area contributed by atoms with E-state index in [4.69, 9.17) is 4.74 Å². The molecule has 1 N–H and O–H groups in total. The molecular formula is C24H26N4O3. The summed E-state index contributed by atoms with van der Waals surface area (Å²) in [5, 5.41) is 10.5. The van der Waals surface area contributed by atoms with E-state index in [1.54, 1.807) is 19.4 Å². The Labute approximate surface area is 181 Å². The molecule has 2 aromatic heterocycles. The standard InChI is InChI=1S/C24H26N4O3/c1-17-6-3-7-18(21(17)29)23(30)26-13-10-24(16-26)20-9-5-12-27(20)22-19(8-4-11-25-22)28(24)14-15-31-2/h3-9,11-12,29H,10,13-16H2,1-2H3/t24-/m1/s1. The summed E-state index contributed by atoms with van der Waals surface area (Å²) in [7, 11) is 1.70. The van der Waals surface area contributed by atoms with Gasteiger partial charge in [-0.2, -0.15) is 0 Å². The number of nitrogens with zero attached hydrogens (tertiary/aromatic N) is 4. The van der Waals surface area contributed by atoms with E-state index in [1.807, 2.05) is 42.3 Å². The van der Waals surface area contributed by atoms with Gasteiger partial charge in [-0.1, -0.05) is 12.1 Å². The fraction of sp³-hybridized carbons (Fsp3) is 0.333. The fourth-order valence-corrected chi connectivity index (χ4v) is 5.01. The van der Waals surface area contributed by atoms with Crippen LogP contribution in [-0.4, -0.2) is 58.8 Å². The number of ether oxygens (including phenoxy) is 1. The number of anilines is 1. The zero-order chi connectivity index (χ0) is 21.6. The summed E-state index contributed by atoms with van der Waals surface area (Å²) >= 11 is 0. The third kappa shape index (κ3) is 2.91. The number of para-hydroxylation sites is 1. The Morgan fingerprint density at radius 1 is 1.23 bits per heavy atom. The van der Waals surface area contributed by atoms with Crippen LogP contribution in [0.25, 0.3) is 5.82 Å². The highest BCUT2D eigenvalue weighted by atomic mass is 16.5. The molecule has 3 aromatic rings. The zero-order valence-corrected chi connectivity index (χ0v) is 17.8. The predicted molar refractivity (Wildman–Crippen MR) is 118 cm³/mol. The van der Waals surface area contributed by atoms with Gasteiger partial charge < -0.3 is 24.2 Å². The molecule has 0 aliphatic carbocycles. The Hall–Kier alpha value is -3.32. The molecule has 31 heavy (non-hydrogen) atoms. The number of phenolic OH excluding ortho intramolecular Hbond substituents is 1. The Balaban J connectivity index is 1.56. The number of methoxy groups -OCH3 is 1. The zero-order valence-electron chi connectivity index (χ0n) is 17.8. The lowest BCUT2D eigenvalue weighted by Gasteiger charge is -2.47. The van der Waals surface area contributed by atoms with Crippen LogP contribution < -0.4 is 4.90 Å². The van der Waals surface area contributed by atoms with E-state index in [2.05, 4.69) is 26.6 Å². The first-order chi connectivity index (χ1) is 15.1. The number of aromatic hydroxyl groups is 1. The van der Waals surface area contributed by atoms with E-state index in [9.17, 15) is 9.90 Å². The van der Waals surface area contributed by atoms with Crippen LogP contribution in [-0.2, 0) is 10.3 Å². The molecular weight excluding hydrogens is 392 g/mol. The van der Waals surface area contributed by atoms with Crippen LogP contribution in [0.5, 0.6) is 5.75 Å². The number of rotatable bonds is 4. The van der Waals surface area contributed by atoms with E-state index in [1.165, 1.54) is 0 Å². The molecule has 1 aromatic carbocycles. The first kappa shape index (κ1) is 19.6. The molecule has 7 nitrogen and oxygen atoms in total. The highest BCUT2D eigenvalue weighted by molar-refractivity contribution is 5.97. The monoisotopic (exact) mass is 418 g/mol. The molecule has 160 valence electrons. The number of carbonyl (C=O) groups is 1. The number of likely N-dealkylation sites (tertiary alicyclic amines) is 1. The first-order valence-corrected chi connectivity index (χ1v) is 10.5. The number of pyridine rings is 1. The van der Waals surface area contributed by atoms with Crippen molar-refractivity contribution < 1.29 is 14.6 Å². The van der Waals surface area contributed by atoms with Gasteiger partial charge in [0.15, 0.2) is 5.82 Å². The number of amides is 1. The molecule has 7 heteroatoms. The van der Waals surface area contributed by atoms with Crippen molar-refractivity contribution >= 4 is 11.6 Å². The second-order valence-corrected chi connectivity index (χ2v) is 8.23. The predicted octanol–water partition coefficient (Wildman–Crippen LogP) is 3.09. The smallest absolute Gasteiger partial charge is 0.257 e. The molecule has 0 radical (unpaired) electrons. The van der Waals surface area contributed by atoms with Crippen LogP contribution in [0, 0.1) is 6.92 Å². The topological polar surface area (TPSA) is 70.8 Å². The van der Waals surface area contributed by atoms with Crippen molar-refractivity contribution in [3.05, 3.63) is 71.7 Å². The van der Waals surface area contributed by atoms with Gasteiger partial charge in [-0.3, -0.25) is 4.79 Å². The van der Waals surface area contributed by atoms with Crippen molar-refractivity contribution in [1.29, 1.82) is 0 Å². The van der Waals surface area contributed by atoms with E-state index in [0.717, 1.165) is 23.6 Å². The number of fused-ring (bicyclic) bond motifs is 4. The molecule has 2 aliphatic heterocycles. The van der Waals surface area contributed by atoms with Crippen LogP contribution in [0.3, 0.4) is 0 Å². The van der Waals surface area contributed by atoms with Gasteiger partial charge in [-0.15, -0.1) is 0 Å². The Morgan fingerprint density at radius 2 is 2.10 bits per heavy atom. The van der Waals surface area contributed by atoms with E-state index >= 15 is 0 Å². The number of benzene rings is 1. The summed E-state index contributed by atoms with van der Waals surface area (Å²) in [4.78, 5) is 22.2. The lowest BCUT2D eigenvalue weighted by Crippen LogP contribution is -2.53. The van der Waals surface area contributed by atoms with E-state index < -0.39 is 0 Å². The quantitative estimate of drug-likeness (QED) is 0.705. The molecule has 5 rings (SSSR count). The summed E-state index contributed by atoms with van der Waals surface area (Å²) in [6.45, 7) is 4.21. The number of aryl methyl sites for hydroxylation is 1. The number of hydrogen-bond acceptors (Lipinski definition) is 5. The fourth-order valence-electron chi connectivity index (χ4n) is 5.01. The van der Waals surface area contributed by atoms with Crippen molar-refractivity contribution in [1.82, 2.24) is 14.5 Å². The third-order valence-electron chi connectivity index (χ3n) is 6.55. The molecule has 1 amide bonds. The largest absolute Gasteiger partial charge is 0.507 e. The normalized spacial score (nSPS) is 19.5. The van der Waals surface area contributed by atoms with Crippen molar-refractivity contribution in [3.8, 4) is 11.6 Å². The van der Waals surface area contributed by atoms with Crippen LogP contribution in [0.1, 0.15) is 28.0 Å². The van der Waals surface area contributed by atoms with Gasteiger partial charge in [0, 0.05) is 39.1 Å². The van der Waals surface area contributed by atoms with Gasteiger partial charge in [0.05, 0.1) is 23.6 Å². The van der Waals surface area contributed by atoms with Crippen LogP contribution in [0.15, 0.2) is 54.9 Å². The average molecular weight is 418 g/mol. The highest BCUT2D eigenvalue weighted by Crippen LogP contribution is 2.47. The van der Waals surface area contributed by atoms with Crippen LogP contribution >= 0.6 is 0 Å². The van der Waals surface area contributed by atoms with Crippen molar-refractivity contribution in [2.45, 2.75) is 18.9 Å². The summed E-state index contributed by atoms with van der Waals surface area (Å²) in [5.41, 5.74) is 2.84. The second kappa shape index (κ2) is 7.42. The molecule has 2 aliphatic rings. The Bertz CT molecular complexity index is 1140. The number of carbonyl (C=O) groups excluding carboxylic acids is 1. The Morgan fingerprint density at radius 3 is 2.94 bits per heavy atom. The van der Waals surface area contributed by atoms with Gasteiger partial charge in [0.1, 0.15) is 11.3 Å². The second-order valence-electron chi connectivity index (χ2n) is 8.23. The van der Waals surface area contributed by atoms with Gasteiger partial charge >= 0.3 is 0 Å².